The summed E-state index contributed by atoms with van der Waals surface area (Å²) in [5.41, 5.74) is 2.87. The minimum Gasteiger partial charge on any atom is -0.493 e. The van der Waals surface area contributed by atoms with E-state index in [9.17, 15) is 4.79 Å². The van der Waals surface area contributed by atoms with Crippen molar-refractivity contribution in [3.8, 4) is 23.0 Å². The summed E-state index contributed by atoms with van der Waals surface area (Å²) in [6, 6.07) is 9.58. The lowest BCUT2D eigenvalue weighted by atomic mass is 10.1. The quantitative estimate of drug-likeness (QED) is 0.709. The molecule has 2 rings (SSSR count). The van der Waals surface area contributed by atoms with Gasteiger partial charge >= 0.3 is 0 Å². The maximum atomic E-state index is 12.7. The van der Waals surface area contributed by atoms with E-state index >= 15 is 0 Å². The lowest BCUT2D eigenvalue weighted by Gasteiger charge is -2.20. The van der Waals surface area contributed by atoms with E-state index in [0.717, 1.165) is 22.4 Å². The first kappa shape index (κ1) is 21.4. The summed E-state index contributed by atoms with van der Waals surface area (Å²) < 4.78 is 22.1. The Hall–Kier alpha value is -2.89. The van der Waals surface area contributed by atoms with E-state index in [-0.39, 0.29) is 12.5 Å². The number of ether oxygens (including phenoxy) is 4. The molecule has 2 aromatic rings. The molecule has 1 N–H and O–H groups in total. The van der Waals surface area contributed by atoms with Gasteiger partial charge in [-0.05, 0) is 49.6 Å². The molecular weight excluding hydrogens is 358 g/mol. The Morgan fingerprint density at radius 2 is 1.68 bits per heavy atom. The largest absolute Gasteiger partial charge is 0.493 e. The van der Waals surface area contributed by atoms with Gasteiger partial charge in [-0.2, -0.15) is 0 Å². The topological polar surface area (TPSA) is 66.0 Å². The van der Waals surface area contributed by atoms with Crippen molar-refractivity contribution in [1.82, 2.24) is 5.32 Å². The fourth-order valence-electron chi connectivity index (χ4n) is 2.91. The van der Waals surface area contributed by atoms with Crippen LogP contribution >= 0.6 is 0 Å². The summed E-state index contributed by atoms with van der Waals surface area (Å²) in [5, 5.41) is 2.93. The van der Waals surface area contributed by atoms with Crippen LogP contribution in [-0.4, -0.2) is 33.3 Å². The fraction of sp³-hybridized carbons (Fsp3) is 0.409. The number of hydrogen-bond donors (Lipinski definition) is 1. The maximum Gasteiger partial charge on any atom is 0.261 e. The Morgan fingerprint density at radius 1 is 0.964 bits per heavy atom. The first-order valence-electron chi connectivity index (χ1n) is 9.24. The number of methoxy groups -OCH3 is 3. The lowest BCUT2D eigenvalue weighted by molar-refractivity contribution is -0.128. The number of rotatable bonds is 9. The summed E-state index contributed by atoms with van der Waals surface area (Å²) in [4.78, 5) is 12.7. The maximum absolute atomic E-state index is 12.7. The standard InChI is InChI=1S/C22H29NO5/c1-7-17(28-19-12-14(2)8-9-15(19)3)22(24)23-13-16-10-11-18(25-4)21(27-6)20(16)26-5/h8-12,17H,7,13H2,1-6H3,(H,23,24). The number of carbonyl (C=O) groups is 1. The van der Waals surface area contributed by atoms with Crippen molar-refractivity contribution in [3.63, 3.8) is 0 Å². The van der Waals surface area contributed by atoms with Gasteiger partial charge in [0, 0.05) is 12.1 Å². The number of carbonyl (C=O) groups excluding carboxylic acids is 1. The Bertz CT molecular complexity index is 819. The highest BCUT2D eigenvalue weighted by Gasteiger charge is 2.21. The van der Waals surface area contributed by atoms with Crippen molar-refractivity contribution in [3.05, 3.63) is 47.0 Å². The molecule has 0 spiro atoms. The molecule has 0 saturated heterocycles. The Morgan fingerprint density at radius 3 is 2.29 bits per heavy atom. The number of hydrogen-bond acceptors (Lipinski definition) is 5. The second kappa shape index (κ2) is 9.88. The molecule has 0 fully saturated rings. The third-order valence-electron chi connectivity index (χ3n) is 4.51. The highest BCUT2D eigenvalue weighted by Crippen LogP contribution is 2.39. The molecule has 0 aromatic heterocycles. The van der Waals surface area contributed by atoms with E-state index in [1.165, 1.54) is 0 Å². The smallest absolute Gasteiger partial charge is 0.261 e. The van der Waals surface area contributed by atoms with Crippen molar-refractivity contribution in [1.29, 1.82) is 0 Å². The lowest BCUT2D eigenvalue weighted by Crippen LogP contribution is -2.37. The highest BCUT2D eigenvalue weighted by molar-refractivity contribution is 5.81. The van der Waals surface area contributed by atoms with Crippen LogP contribution in [0.5, 0.6) is 23.0 Å². The van der Waals surface area contributed by atoms with Crippen molar-refractivity contribution >= 4 is 5.91 Å². The van der Waals surface area contributed by atoms with Crippen LogP contribution in [0, 0.1) is 13.8 Å². The van der Waals surface area contributed by atoms with Crippen LogP contribution in [0.4, 0.5) is 0 Å². The average Bonchev–Trinajstić information content (AvgIpc) is 2.71. The first-order chi connectivity index (χ1) is 13.4. The van der Waals surface area contributed by atoms with Gasteiger partial charge in [0.2, 0.25) is 5.75 Å². The van der Waals surface area contributed by atoms with Crippen molar-refractivity contribution in [2.75, 3.05) is 21.3 Å². The average molecular weight is 387 g/mol. The molecule has 1 unspecified atom stereocenters. The molecule has 6 heteroatoms. The minimum atomic E-state index is -0.577. The Kier molecular flexibility index (Phi) is 7.55. The molecule has 6 nitrogen and oxygen atoms in total. The molecule has 1 atom stereocenters. The number of aryl methyl sites for hydroxylation is 2. The van der Waals surface area contributed by atoms with Crippen LogP contribution in [0.25, 0.3) is 0 Å². The molecule has 0 aliphatic heterocycles. The predicted molar refractivity (Wildman–Crippen MR) is 109 cm³/mol. The van der Waals surface area contributed by atoms with Gasteiger partial charge in [-0.25, -0.2) is 0 Å². The van der Waals surface area contributed by atoms with Crippen LogP contribution in [0.3, 0.4) is 0 Å². The zero-order valence-corrected chi connectivity index (χ0v) is 17.4. The predicted octanol–water partition coefficient (Wildman–Crippen LogP) is 3.80. The first-order valence-corrected chi connectivity index (χ1v) is 9.24. The van der Waals surface area contributed by atoms with E-state index in [1.54, 1.807) is 27.4 Å². The molecule has 152 valence electrons. The number of nitrogens with one attached hydrogen (secondary N) is 1. The SMILES string of the molecule is CCC(Oc1cc(C)ccc1C)C(=O)NCc1ccc(OC)c(OC)c1OC. The molecule has 0 aliphatic carbocycles. The van der Waals surface area contributed by atoms with E-state index < -0.39 is 6.10 Å². The molecule has 0 bridgehead atoms. The molecule has 0 heterocycles. The summed E-state index contributed by atoms with van der Waals surface area (Å²) in [6.07, 6.45) is -0.0194. The second-order valence-corrected chi connectivity index (χ2v) is 6.49. The van der Waals surface area contributed by atoms with E-state index in [4.69, 9.17) is 18.9 Å². The van der Waals surface area contributed by atoms with Crippen LogP contribution in [0.1, 0.15) is 30.0 Å². The third kappa shape index (κ3) is 4.88. The molecule has 0 radical (unpaired) electrons. The van der Waals surface area contributed by atoms with Crippen LogP contribution in [-0.2, 0) is 11.3 Å². The molecule has 28 heavy (non-hydrogen) atoms. The zero-order valence-electron chi connectivity index (χ0n) is 17.4. The number of benzene rings is 2. The fourth-order valence-corrected chi connectivity index (χ4v) is 2.91. The van der Waals surface area contributed by atoms with Gasteiger partial charge in [-0.15, -0.1) is 0 Å². The molecular formula is C22H29NO5. The van der Waals surface area contributed by atoms with Gasteiger partial charge in [0.1, 0.15) is 5.75 Å². The zero-order chi connectivity index (χ0) is 20.7. The van der Waals surface area contributed by atoms with Gasteiger partial charge < -0.3 is 24.3 Å². The number of amides is 1. The highest BCUT2D eigenvalue weighted by atomic mass is 16.5. The van der Waals surface area contributed by atoms with Crippen LogP contribution in [0.15, 0.2) is 30.3 Å². The van der Waals surface area contributed by atoms with E-state index in [1.807, 2.05) is 45.0 Å². The van der Waals surface area contributed by atoms with Crippen LogP contribution < -0.4 is 24.3 Å². The summed E-state index contributed by atoms with van der Waals surface area (Å²) in [7, 11) is 4.67. The summed E-state index contributed by atoms with van der Waals surface area (Å²) >= 11 is 0. The van der Waals surface area contributed by atoms with Crippen molar-refractivity contribution < 1.29 is 23.7 Å². The second-order valence-electron chi connectivity index (χ2n) is 6.49. The Balaban J connectivity index is 2.12. The Labute approximate surface area is 166 Å². The molecule has 2 aromatic carbocycles. The van der Waals surface area contributed by atoms with Gasteiger partial charge in [0.05, 0.1) is 21.3 Å². The third-order valence-corrected chi connectivity index (χ3v) is 4.51. The van der Waals surface area contributed by atoms with Crippen molar-refractivity contribution in [2.45, 2.75) is 39.8 Å². The summed E-state index contributed by atoms with van der Waals surface area (Å²) in [6.45, 7) is 6.17. The molecule has 0 saturated carbocycles. The summed E-state index contributed by atoms with van der Waals surface area (Å²) in [5.74, 6) is 2.14. The van der Waals surface area contributed by atoms with Crippen molar-refractivity contribution in [2.24, 2.45) is 0 Å². The van der Waals surface area contributed by atoms with E-state index in [0.29, 0.717) is 23.7 Å². The normalized spacial score (nSPS) is 11.5. The van der Waals surface area contributed by atoms with Crippen LogP contribution in [0.2, 0.25) is 0 Å². The van der Waals surface area contributed by atoms with E-state index in [2.05, 4.69) is 5.32 Å². The molecule has 0 aliphatic rings. The monoisotopic (exact) mass is 387 g/mol. The van der Waals surface area contributed by atoms with Gasteiger partial charge in [-0.3, -0.25) is 4.79 Å². The van der Waals surface area contributed by atoms with Gasteiger partial charge in [0.15, 0.2) is 17.6 Å². The van der Waals surface area contributed by atoms with Gasteiger partial charge in [-0.1, -0.05) is 19.1 Å². The molecule has 1 amide bonds. The minimum absolute atomic E-state index is 0.180. The van der Waals surface area contributed by atoms with Gasteiger partial charge in [0.25, 0.3) is 5.91 Å².